The Morgan fingerprint density at radius 3 is 2.78 bits per heavy atom. The van der Waals surface area contributed by atoms with Crippen molar-refractivity contribution in [1.82, 2.24) is 0 Å². The lowest BCUT2D eigenvalue weighted by atomic mass is 9.92. The van der Waals surface area contributed by atoms with Crippen LogP contribution in [0.25, 0.3) is 0 Å². The van der Waals surface area contributed by atoms with Crippen molar-refractivity contribution < 1.29 is 4.79 Å². The molecule has 0 saturated carbocycles. The van der Waals surface area contributed by atoms with E-state index in [9.17, 15) is 4.79 Å². The summed E-state index contributed by atoms with van der Waals surface area (Å²) in [5, 5.41) is 0.673. The highest BCUT2D eigenvalue weighted by molar-refractivity contribution is 6.32. The van der Waals surface area contributed by atoms with Crippen LogP contribution in [0.1, 0.15) is 54.4 Å². The second-order valence-electron chi connectivity index (χ2n) is 4.92. The van der Waals surface area contributed by atoms with Crippen molar-refractivity contribution in [2.24, 2.45) is 0 Å². The van der Waals surface area contributed by atoms with Crippen LogP contribution in [0.4, 0.5) is 0 Å². The molecule has 0 atom stereocenters. The molecule has 0 aliphatic heterocycles. The highest BCUT2D eigenvalue weighted by Gasteiger charge is 2.16. The van der Waals surface area contributed by atoms with Gasteiger partial charge in [0.25, 0.3) is 0 Å². The minimum Gasteiger partial charge on any atom is -0.289 e. The summed E-state index contributed by atoms with van der Waals surface area (Å²) in [5.74, 6) is 0.164. The van der Waals surface area contributed by atoms with E-state index in [1.807, 2.05) is 25.1 Å². The molecule has 0 spiro atoms. The van der Waals surface area contributed by atoms with Gasteiger partial charge in [-0.2, -0.15) is 0 Å². The standard InChI is InChI=1S/C16H19ClO/c1-12-14(10-7-11-15(12)17)16(18)13-8-5-3-2-4-6-9-13/h7-8,10-11H,2-6,9H2,1H3/b13-8+. The third kappa shape index (κ3) is 3.02. The fourth-order valence-electron chi connectivity index (χ4n) is 2.42. The molecule has 1 aromatic carbocycles. The van der Waals surface area contributed by atoms with Gasteiger partial charge in [-0.25, -0.2) is 0 Å². The fraction of sp³-hybridized carbons (Fsp3) is 0.438. The number of carbonyl (C=O) groups is 1. The summed E-state index contributed by atoms with van der Waals surface area (Å²) < 4.78 is 0. The van der Waals surface area contributed by atoms with Crippen LogP contribution >= 0.6 is 11.6 Å². The zero-order valence-corrected chi connectivity index (χ0v) is 11.6. The quantitative estimate of drug-likeness (QED) is 0.677. The van der Waals surface area contributed by atoms with Crippen molar-refractivity contribution in [2.45, 2.75) is 45.4 Å². The normalized spacial score (nSPS) is 19.6. The minimum atomic E-state index is 0.164. The average Bonchev–Trinajstić information content (AvgIpc) is 2.31. The Bertz CT molecular complexity index is 474. The molecular formula is C16H19ClO. The molecule has 0 bridgehead atoms. The van der Waals surface area contributed by atoms with Gasteiger partial charge in [-0.15, -0.1) is 0 Å². The van der Waals surface area contributed by atoms with Crippen LogP contribution in [-0.4, -0.2) is 5.78 Å². The average molecular weight is 263 g/mol. The summed E-state index contributed by atoms with van der Waals surface area (Å²) in [6.07, 6.45) is 8.91. The number of benzene rings is 1. The molecule has 2 rings (SSSR count). The fourth-order valence-corrected chi connectivity index (χ4v) is 2.60. The van der Waals surface area contributed by atoms with Gasteiger partial charge in [-0.05, 0) is 49.8 Å². The first kappa shape index (κ1) is 13.4. The summed E-state index contributed by atoms with van der Waals surface area (Å²) in [6, 6.07) is 5.56. The first-order valence-corrected chi connectivity index (χ1v) is 7.07. The summed E-state index contributed by atoms with van der Waals surface area (Å²) in [7, 11) is 0. The molecule has 1 aromatic rings. The van der Waals surface area contributed by atoms with Crippen LogP contribution in [0.3, 0.4) is 0 Å². The molecule has 96 valence electrons. The largest absolute Gasteiger partial charge is 0.289 e. The SMILES string of the molecule is Cc1c(Cl)cccc1C(=O)/C1=C/CCCCCC1. The number of allylic oxidation sites excluding steroid dienone is 2. The molecule has 0 saturated heterocycles. The Morgan fingerprint density at radius 2 is 1.94 bits per heavy atom. The number of hydrogen-bond donors (Lipinski definition) is 0. The van der Waals surface area contributed by atoms with Crippen molar-refractivity contribution in [3.63, 3.8) is 0 Å². The summed E-state index contributed by atoms with van der Waals surface area (Å²) >= 11 is 6.08. The number of rotatable bonds is 2. The van der Waals surface area contributed by atoms with Gasteiger partial charge in [0.15, 0.2) is 5.78 Å². The van der Waals surface area contributed by atoms with Crippen molar-refractivity contribution in [2.75, 3.05) is 0 Å². The molecular weight excluding hydrogens is 244 g/mol. The van der Waals surface area contributed by atoms with E-state index in [-0.39, 0.29) is 5.78 Å². The van der Waals surface area contributed by atoms with E-state index < -0.39 is 0 Å². The molecule has 0 amide bonds. The van der Waals surface area contributed by atoms with Crippen molar-refractivity contribution >= 4 is 17.4 Å². The van der Waals surface area contributed by atoms with Gasteiger partial charge >= 0.3 is 0 Å². The van der Waals surface area contributed by atoms with E-state index in [1.165, 1.54) is 19.3 Å². The second-order valence-corrected chi connectivity index (χ2v) is 5.33. The number of halogens is 1. The highest BCUT2D eigenvalue weighted by Crippen LogP contribution is 2.25. The van der Waals surface area contributed by atoms with Crippen LogP contribution in [0.2, 0.25) is 5.02 Å². The number of carbonyl (C=O) groups excluding carboxylic acids is 1. The molecule has 1 nitrogen and oxygen atoms in total. The summed E-state index contributed by atoms with van der Waals surface area (Å²) in [4.78, 5) is 12.5. The predicted octanol–water partition coefficient (Wildman–Crippen LogP) is 5.11. The molecule has 0 fully saturated rings. The van der Waals surface area contributed by atoms with E-state index in [2.05, 4.69) is 6.08 Å². The van der Waals surface area contributed by atoms with Gasteiger partial charge in [0, 0.05) is 10.6 Å². The molecule has 1 aliphatic rings. The maximum Gasteiger partial charge on any atom is 0.189 e. The monoisotopic (exact) mass is 262 g/mol. The van der Waals surface area contributed by atoms with Gasteiger partial charge in [-0.3, -0.25) is 4.79 Å². The zero-order valence-electron chi connectivity index (χ0n) is 10.8. The Hall–Kier alpha value is -1.08. The third-order valence-corrected chi connectivity index (χ3v) is 4.00. The lowest BCUT2D eigenvalue weighted by Gasteiger charge is -2.12. The zero-order chi connectivity index (χ0) is 13.0. The molecule has 0 heterocycles. The maximum atomic E-state index is 12.5. The first-order chi connectivity index (χ1) is 8.70. The predicted molar refractivity (Wildman–Crippen MR) is 76.3 cm³/mol. The van der Waals surface area contributed by atoms with Crippen molar-refractivity contribution in [3.8, 4) is 0 Å². The van der Waals surface area contributed by atoms with E-state index in [0.717, 1.165) is 36.0 Å². The van der Waals surface area contributed by atoms with Crippen molar-refractivity contribution in [3.05, 3.63) is 46.0 Å². The van der Waals surface area contributed by atoms with Gasteiger partial charge in [0.1, 0.15) is 0 Å². The maximum absolute atomic E-state index is 12.5. The van der Waals surface area contributed by atoms with E-state index in [1.54, 1.807) is 0 Å². The van der Waals surface area contributed by atoms with Crippen LogP contribution in [-0.2, 0) is 0 Å². The Morgan fingerprint density at radius 1 is 1.17 bits per heavy atom. The third-order valence-electron chi connectivity index (χ3n) is 3.59. The molecule has 1 aliphatic carbocycles. The smallest absolute Gasteiger partial charge is 0.189 e. The van der Waals surface area contributed by atoms with Crippen molar-refractivity contribution in [1.29, 1.82) is 0 Å². The molecule has 0 unspecified atom stereocenters. The van der Waals surface area contributed by atoms with Gasteiger partial charge in [0.2, 0.25) is 0 Å². The number of Topliss-reactive ketones (excluding diaryl/α,β-unsaturated/α-hetero) is 1. The van der Waals surface area contributed by atoms with E-state index in [4.69, 9.17) is 11.6 Å². The van der Waals surface area contributed by atoms with Gasteiger partial charge < -0.3 is 0 Å². The molecule has 0 radical (unpaired) electrons. The van der Waals surface area contributed by atoms with E-state index in [0.29, 0.717) is 5.02 Å². The lowest BCUT2D eigenvalue weighted by Crippen LogP contribution is -2.07. The van der Waals surface area contributed by atoms with Crippen LogP contribution in [0.15, 0.2) is 29.8 Å². The summed E-state index contributed by atoms with van der Waals surface area (Å²) in [6.45, 7) is 1.92. The Balaban J connectivity index is 2.26. The molecule has 18 heavy (non-hydrogen) atoms. The second kappa shape index (κ2) is 6.19. The van der Waals surface area contributed by atoms with Crippen LogP contribution in [0, 0.1) is 6.92 Å². The Kier molecular flexibility index (Phi) is 4.60. The van der Waals surface area contributed by atoms with Crippen LogP contribution in [0.5, 0.6) is 0 Å². The minimum absolute atomic E-state index is 0.164. The van der Waals surface area contributed by atoms with Crippen LogP contribution < -0.4 is 0 Å². The molecule has 2 heteroatoms. The lowest BCUT2D eigenvalue weighted by molar-refractivity contribution is 0.102. The number of hydrogen-bond acceptors (Lipinski definition) is 1. The van der Waals surface area contributed by atoms with Gasteiger partial charge in [0.05, 0.1) is 0 Å². The Labute approximate surface area is 114 Å². The first-order valence-electron chi connectivity index (χ1n) is 6.69. The van der Waals surface area contributed by atoms with Gasteiger partial charge in [-0.1, -0.05) is 42.7 Å². The molecule has 0 aromatic heterocycles. The topological polar surface area (TPSA) is 17.1 Å². The number of ketones is 1. The summed E-state index contributed by atoms with van der Waals surface area (Å²) in [5.41, 5.74) is 2.63. The van der Waals surface area contributed by atoms with E-state index >= 15 is 0 Å². The molecule has 0 N–H and O–H groups in total. The highest BCUT2D eigenvalue weighted by atomic mass is 35.5.